The summed E-state index contributed by atoms with van der Waals surface area (Å²) < 4.78 is 4.92. The number of rotatable bonds is 2. The molecule has 2 aliphatic heterocycles. The van der Waals surface area contributed by atoms with Crippen LogP contribution in [-0.4, -0.2) is 46.0 Å². The Hall–Kier alpha value is -1.88. The highest BCUT2D eigenvalue weighted by atomic mass is 16.6. The van der Waals surface area contributed by atoms with Crippen molar-refractivity contribution >= 4 is 12.0 Å². The van der Waals surface area contributed by atoms with Gasteiger partial charge in [-0.1, -0.05) is 30.3 Å². The summed E-state index contributed by atoms with van der Waals surface area (Å²) in [7, 11) is 0. The minimum Gasteiger partial charge on any atom is -0.447 e. The van der Waals surface area contributed by atoms with Crippen molar-refractivity contribution in [2.45, 2.75) is 44.8 Å². The summed E-state index contributed by atoms with van der Waals surface area (Å²) in [5.41, 5.74) is 0.221. The van der Waals surface area contributed by atoms with Crippen LogP contribution in [0.1, 0.15) is 39.3 Å². The predicted molar refractivity (Wildman–Crippen MR) is 82.2 cm³/mol. The molecule has 1 aromatic carbocycles. The van der Waals surface area contributed by atoms with Gasteiger partial charge >= 0.3 is 6.09 Å². The highest BCUT2D eigenvalue weighted by molar-refractivity contribution is 6.01. The second-order valence-corrected chi connectivity index (χ2v) is 7.07. The summed E-state index contributed by atoms with van der Waals surface area (Å²) in [5, 5.41) is 0. The van der Waals surface area contributed by atoms with Crippen LogP contribution in [0.4, 0.5) is 4.79 Å². The summed E-state index contributed by atoms with van der Waals surface area (Å²) in [6.45, 7) is 8.81. The van der Waals surface area contributed by atoms with Gasteiger partial charge in [0.2, 0.25) is 0 Å². The number of cyclic esters (lactones) is 1. The first-order valence-corrected chi connectivity index (χ1v) is 7.61. The van der Waals surface area contributed by atoms with Crippen LogP contribution >= 0.6 is 0 Å². The van der Waals surface area contributed by atoms with Crippen molar-refractivity contribution in [2.75, 3.05) is 13.2 Å². The van der Waals surface area contributed by atoms with Gasteiger partial charge in [-0.2, -0.15) is 0 Å². The van der Waals surface area contributed by atoms with Gasteiger partial charge in [-0.15, -0.1) is 0 Å². The molecule has 118 valence electrons. The Morgan fingerprint density at radius 1 is 1.27 bits per heavy atom. The molecule has 0 saturated carbocycles. The van der Waals surface area contributed by atoms with Crippen molar-refractivity contribution in [1.82, 2.24) is 9.80 Å². The van der Waals surface area contributed by atoms with Gasteiger partial charge in [-0.05, 0) is 33.3 Å². The fourth-order valence-electron chi connectivity index (χ4n) is 3.65. The zero-order chi connectivity index (χ0) is 16.1. The van der Waals surface area contributed by atoms with Crippen LogP contribution in [0.15, 0.2) is 30.3 Å². The van der Waals surface area contributed by atoms with Crippen molar-refractivity contribution in [3.8, 4) is 0 Å². The quantitative estimate of drug-likeness (QED) is 0.788. The normalized spacial score (nSPS) is 31.1. The van der Waals surface area contributed by atoms with E-state index in [2.05, 4.69) is 25.7 Å². The molecule has 2 heterocycles. The average Bonchev–Trinajstić information content (AvgIpc) is 2.91. The molecule has 2 saturated heterocycles. The number of carbonyl (C=O) groups excluding carboxylic acids is 2. The standard InChI is InChI=1S/C17H22N2O3/c1-16(2,3)19-13(12-8-6-5-7-9-12)17(19,4)14(20)18-10-11-22-15(18)21/h5-9,13H,10-11H2,1-4H3. The van der Waals surface area contributed by atoms with Crippen molar-refractivity contribution in [3.63, 3.8) is 0 Å². The van der Waals surface area contributed by atoms with Gasteiger partial charge in [0.1, 0.15) is 12.1 Å². The number of ether oxygens (including phenoxy) is 1. The van der Waals surface area contributed by atoms with Crippen molar-refractivity contribution < 1.29 is 14.3 Å². The monoisotopic (exact) mass is 302 g/mol. The van der Waals surface area contributed by atoms with E-state index < -0.39 is 11.6 Å². The van der Waals surface area contributed by atoms with Gasteiger partial charge in [0.05, 0.1) is 12.6 Å². The lowest BCUT2D eigenvalue weighted by atomic mass is 10.00. The number of nitrogens with zero attached hydrogens (tertiary/aromatic N) is 2. The van der Waals surface area contributed by atoms with Crippen LogP contribution < -0.4 is 0 Å². The Balaban J connectivity index is 1.96. The zero-order valence-electron chi connectivity index (χ0n) is 13.5. The van der Waals surface area contributed by atoms with E-state index >= 15 is 0 Å². The van der Waals surface area contributed by atoms with Gasteiger partial charge in [0.15, 0.2) is 0 Å². The van der Waals surface area contributed by atoms with Crippen molar-refractivity contribution in [2.24, 2.45) is 0 Å². The van der Waals surface area contributed by atoms with Crippen LogP contribution in [0.5, 0.6) is 0 Å². The van der Waals surface area contributed by atoms with E-state index in [-0.39, 0.29) is 24.1 Å². The van der Waals surface area contributed by atoms with Crippen LogP contribution in [0.3, 0.4) is 0 Å². The molecule has 2 amide bonds. The minimum absolute atomic E-state index is 0.0189. The number of amides is 2. The molecule has 0 aliphatic carbocycles. The molecule has 5 nitrogen and oxygen atoms in total. The third kappa shape index (κ3) is 2.11. The van der Waals surface area contributed by atoms with Gasteiger partial charge < -0.3 is 4.74 Å². The smallest absolute Gasteiger partial charge is 0.416 e. The molecular weight excluding hydrogens is 280 g/mol. The van der Waals surface area contributed by atoms with Crippen molar-refractivity contribution in [1.29, 1.82) is 0 Å². The molecule has 0 aromatic heterocycles. The number of hydrogen-bond donors (Lipinski definition) is 0. The highest BCUT2D eigenvalue weighted by Crippen LogP contribution is 2.58. The third-order valence-corrected chi connectivity index (χ3v) is 4.50. The van der Waals surface area contributed by atoms with E-state index in [1.165, 1.54) is 4.90 Å². The van der Waals surface area contributed by atoms with E-state index in [1.807, 2.05) is 37.3 Å². The molecular formula is C17H22N2O3. The van der Waals surface area contributed by atoms with Gasteiger partial charge in [-0.3, -0.25) is 9.69 Å². The van der Waals surface area contributed by atoms with Crippen LogP contribution in [0, 0.1) is 0 Å². The molecule has 2 fully saturated rings. The molecule has 1 aromatic rings. The van der Waals surface area contributed by atoms with Gasteiger partial charge in [0, 0.05) is 5.54 Å². The molecule has 22 heavy (non-hydrogen) atoms. The Morgan fingerprint density at radius 3 is 2.41 bits per heavy atom. The Labute approximate surface area is 130 Å². The summed E-state index contributed by atoms with van der Waals surface area (Å²) >= 11 is 0. The van der Waals surface area contributed by atoms with Gasteiger partial charge in [0.25, 0.3) is 5.91 Å². The van der Waals surface area contributed by atoms with Crippen LogP contribution in [0.2, 0.25) is 0 Å². The fourth-order valence-corrected chi connectivity index (χ4v) is 3.65. The molecule has 0 N–H and O–H groups in total. The maximum atomic E-state index is 13.0. The first kappa shape index (κ1) is 15.0. The van der Waals surface area contributed by atoms with Gasteiger partial charge in [-0.25, -0.2) is 9.69 Å². The SMILES string of the molecule is CC(C)(C)N1C(c2ccccc2)C1(C)C(=O)N1CCOC1=O. The molecule has 0 bridgehead atoms. The van der Waals surface area contributed by atoms with E-state index in [1.54, 1.807) is 0 Å². The molecule has 2 aliphatic rings. The Morgan fingerprint density at radius 2 is 1.91 bits per heavy atom. The van der Waals surface area contributed by atoms with Crippen molar-refractivity contribution in [3.05, 3.63) is 35.9 Å². The van der Waals surface area contributed by atoms with E-state index in [9.17, 15) is 9.59 Å². The average molecular weight is 302 g/mol. The highest BCUT2D eigenvalue weighted by Gasteiger charge is 2.69. The zero-order valence-corrected chi connectivity index (χ0v) is 13.5. The van der Waals surface area contributed by atoms with E-state index in [4.69, 9.17) is 4.74 Å². The maximum absolute atomic E-state index is 13.0. The maximum Gasteiger partial charge on any atom is 0.416 e. The Bertz CT molecular complexity index is 608. The first-order valence-electron chi connectivity index (χ1n) is 7.61. The second kappa shape index (κ2) is 4.81. The minimum atomic E-state index is -0.705. The Kier molecular flexibility index (Phi) is 3.29. The summed E-state index contributed by atoms with van der Waals surface area (Å²) in [4.78, 5) is 28.1. The lowest BCUT2D eigenvalue weighted by Crippen LogP contribution is -2.45. The molecule has 0 spiro atoms. The fraction of sp³-hybridized carbons (Fsp3) is 0.529. The summed E-state index contributed by atoms with van der Waals surface area (Å²) in [6.07, 6.45) is -0.529. The molecule has 3 unspecified atom stereocenters. The second-order valence-electron chi connectivity index (χ2n) is 7.07. The van der Waals surface area contributed by atoms with Crippen LogP contribution in [-0.2, 0) is 9.53 Å². The predicted octanol–water partition coefficient (Wildman–Crippen LogP) is 2.58. The molecule has 3 atom stereocenters. The lowest BCUT2D eigenvalue weighted by molar-refractivity contribution is -0.131. The topological polar surface area (TPSA) is 49.6 Å². The van der Waals surface area contributed by atoms with E-state index in [0.717, 1.165) is 5.56 Å². The largest absolute Gasteiger partial charge is 0.447 e. The molecule has 0 radical (unpaired) electrons. The van der Waals surface area contributed by atoms with E-state index in [0.29, 0.717) is 6.54 Å². The molecule has 5 heteroatoms. The first-order chi connectivity index (χ1) is 10.3. The summed E-state index contributed by atoms with van der Waals surface area (Å²) in [6, 6.07) is 9.96. The number of carbonyl (C=O) groups is 2. The number of hydrogen-bond acceptors (Lipinski definition) is 4. The number of imide groups is 1. The van der Waals surface area contributed by atoms with Crippen LogP contribution in [0.25, 0.3) is 0 Å². The summed E-state index contributed by atoms with van der Waals surface area (Å²) in [5.74, 6) is -0.168. The lowest BCUT2D eigenvalue weighted by Gasteiger charge is -2.26. The number of benzene rings is 1. The third-order valence-electron chi connectivity index (χ3n) is 4.50. The molecule has 3 rings (SSSR count).